The van der Waals surface area contributed by atoms with Gasteiger partial charge in [-0.05, 0) is 31.0 Å². The summed E-state index contributed by atoms with van der Waals surface area (Å²) in [6.07, 6.45) is 1.93. The number of halogens is 1. The second-order valence-electron chi connectivity index (χ2n) is 4.94. The lowest BCUT2D eigenvalue weighted by Crippen LogP contribution is -2.35. The highest BCUT2D eigenvalue weighted by Gasteiger charge is 2.34. The number of carbonyl (C=O) groups excluding carboxylic acids is 1. The van der Waals surface area contributed by atoms with Gasteiger partial charge in [0.25, 0.3) is 5.91 Å². The zero-order chi connectivity index (χ0) is 14.3. The number of thiophene rings is 1. The van der Waals surface area contributed by atoms with Crippen molar-refractivity contribution in [2.75, 3.05) is 18.9 Å². The molecule has 3 N–H and O–H groups in total. The summed E-state index contributed by atoms with van der Waals surface area (Å²) in [5.41, 5.74) is 6.33. The monoisotopic (exact) mass is 294 g/mol. The highest BCUT2D eigenvalue weighted by atomic mass is 32.1. The zero-order valence-electron chi connectivity index (χ0n) is 10.8. The van der Waals surface area contributed by atoms with Crippen LogP contribution in [0.1, 0.15) is 22.5 Å². The number of fused-ring (bicyclic) bond motifs is 1. The highest BCUT2D eigenvalue weighted by Crippen LogP contribution is 2.37. The number of aliphatic hydroxyl groups excluding tert-OH is 1. The molecule has 106 valence electrons. The Hall–Kier alpha value is -1.66. The number of amides is 1. The van der Waals surface area contributed by atoms with Gasteiger partial charge in [-0.2, -0.15) is 0 Å². The van der Waals surface area contributed by atoms with Crippen molar-refractivity contribution >= 4 is 33.0 Å². The molecular formula is C14H15FN2O2S. The molecular weight excluding hydrogens is 279 g/mol. The van der Waals surface area contributed by atoms with E-state index in [9.17, 15) is 9.18 Å². The minimum Gasteiger partial charge on any atom is -0.397 e. The molecule has 1 fully saturated rings. The van der Waals surface area contributed by atoms with Crippen LogP contribution in [0, 0.1) is 5.82 Å². The molecule has 6 heteroatoms. The van der Waals surface area contributed by atoms with E-state index in [1.807, 2.05) is 0 Å². The van der Waals surface area contributed by atoms with Crippen LogP contribution in [0.5, 0.6) is 0 Å². The maximum Gasteiger partial charge on any atom is 0.266 e. The Morgan fingerprint density at radius 3 is 2.90 bits per heavy atom. The Bertz CT molecular complexity index is 666. The van der Waals surface area contributed by atoms with Crippen LogP contribution in [-0.2, 0) is 0 Å². The predicted molar refractivity (Wildman–Crippen MR) is 77.3 cm³/mol. The molecule has 1 saturated carbocycles. The fourth-order valence-corrected chi connectivity index (χ4v) is 3.38. The molecule has 2 aromatic rings. The molecule has 1 heterocycles. The largest absolute Gasteiger partial charge is 0.397 e. The van der Waals surface area contributed by atoms with Crippen LogP contribution < -0.4 is 5.73 Å². The smallest absolute Gasteiger partial charge is 0.266 e. The van der Waals surface area contributed by atoms with Gasteiger partial charge in [0.1, 0.15) is 10.7 Å². The molecule has 1 aromatic heterocycles. The number of benzene rings is 1. The van der Waals surface area contributed by atoms with Gasteiger partial charge in [-0.15, -0.1) is 11.3 Å². The average Bonchev–Trinajstić information content (AvgIpc) is 3.22. The van der Waals surface area contributed by atoms with E-state index in [0.717, 1.165) is 17.5 Å². The number of nitrogen functional groups attached to an aromatic ring is 1. The third-order valence-electron chi connectivity index (χ3n) is 3.47. The normalized spacial score (nSPS) is 14.7. The number of carbonyl (C=O) groups is 1. The number of nitrogens with zero attached hydrogens (tertiary/aromatic N) is 1. The van der Waals surface area contributed by atoms with Crippen molar-refractivity contribution in [1.29, 1.82) is 0 Å². The fraction of sp³-hybridized carbons (Fsp3) is 0.357. The van der Waals surface area contributed by atoms with E-state index < -0.39 is 0 Å². The summed E-state index contributed by atoms with van der Waals surface area (Å²) in [7, 11) is 0. The molecule has 0 radical (unpaired) electrons. The van der Waals surface area contributed by atoms with Crippen molar-refractivity contribution in [3.63, 3.8) is 0 Å². The Kier molecular flexibility index (Phi) is 3.35. The number of rotatable bonds is 4. The van der Waals surface area contributed by atoms with Gasteiger partial charge < -0.3 is 15.7 Å². The van der Waals surface area contributed by atoms with Crippen molar-refractivity contribution < 1.29 is 14.3 Å². The summed E-state index contributed by atoms with van der Waals surface area (Å²) in [6, 6.07) is 4.55. The topological polar surface area (TPSA) is 66.6 Å². The molecule has 0 saturated heterocycles. The van der Waals surface area contributed by atoms with Gasteiger partial charge in [0.15, 0.2) is 0 Å². The van der Waals surface area contributed by atoms with E-state index in [2.05, 4.69) is 0 Å². The van der Waals surface area contributed by atoms with Gasteiger partial charge in [0, 0.05) is 22.7 Å². The van der Waals surface area contributed by atoms with Crippen LogP contribution in [0.15, 0.2) is 18.2 Å². The lowest BCUT2D eigenvalue weighted by atomic mass is 10.2. The second kappa shape index (κ2) is 5.03. The summed E-state index contributed by atoms with van der Waals surface area (Å²) in [5.74, 6) is -0.531. The van der Waals surface area contributed by atoms with Crippen LogP contribution in [0.4, 0.5) is 10.1 Å². The first-order valence-corrected chi connectivity index (χ1v) is 7.33. The summed E-state index contributed by atoms with van der Waals surface area (Å²) in [5, 5.41) is 9.66. The third kappa shape index (κ3) is 2.25. The van der Waals surface area contributed by atoms with E-state index in [1.165, 1.54) is 23.5 Å². The zero-order valence-corrected chi connectivity index (χ0v) is 11.6. The Balaban J connectivity index is 2.00. The van der Waals surface area contributed by atoms with Crippen LogP contribution >= 0.6 is 11.3 Å². The van der Waals surface area contributed by atoms with Crippen LogP contribution in [-0.4, -0.2) is 35.1 Å². The molecule has 0 spiro atoms. The van der Waals surface area contributed by atoms with Crippen molar-refractivity contribution in [1.82, 2.24) is 4.90 Å². The van der Waals surface area contributed by atoms with Gasteiger partial charge in [0.05, 0.1) is 12.3 Å². The van der Waals surface area contributed by atoms with Crippen molar-refractivity contribution in [2.45, 2.75) is 18.9 Å². The van der Waals surface area contributed by atoms with Gasteiger partial charge in [0.2, 0.25) is 0 Å². The van der Waals surface area contributed by atoms with Crippen LogP contribution in [0.25, 0.3) is 10.1 Å². The first-order chi connectivity index (χ1) is 9.61. The van der Waals surface area contributed by atoms with Crippen LogP contribution in [0.3, 0.4) is 0 Å². The van der Waals surface area contributed by atoms with Gasteiger partial charge in [-0.25, -0.2) is 4.39 Å². The van der Waals surface area contributed by atoms with Gasteiger partial charge >= 0.3 is 0 Å². The summed E-state index contributed by atoms with van der Waals surface area (Å²) in [4.78, 5) is 14.6. The number of aliphatic hydroxyl groups is 1. The lowest BCUT2D eigenvalue weighted by Gasteiger charge is -2.20. The molecule has 0 aliphatic heterocycles. The van der Waals surface area contributed by atoms with Gasteiger partial charge in [-0.3, -0.25) is 4.79 Å². The second-order valence-corrected chi connectivity index (χ2v) is 5.99. The minimum atomic E-state index is -0.365. The van der Waals surface area contributed by atoms with Crippen molar-refractivity contribution in [3.8, 4) is 0 Å². The number of anilines is 1. The van der Waals surface area contributed by atoms with Gasteiger partial charge in [-0.1, -0.05) is 0 Å². The standard InChI is InChI=1S/C14H15FN2O2S/c15-8-1-4-11-10(7-8)12(16)13(20-11)14(19)17(5-6-18)9-2-3-9/h1,4,7,9,18H,2-3,5-6,16H2. The lowest BCUT2D eigenvalue weighted by molar-refractivity contribution is 0.0713. The number of nitrogens with two attached hydrogens (primary N) is 1. The SMILES string of the molecule is Nc1c(C(=O)N(CCO)C2CC2)sc2ccc(F)cc12. The van der Waals surface area contributed by atoms with E-state index in [-0.39, 0.29) is 24.4 Å². The van der Waals surface area contributed by atoms with E-state index in [1.54, 1.807) is 11.0 Å². The first kappa shape index (κ1) is 13.3. The summed E-state index contributed by atoms with van der Waals surface area (Å²) in [6.45, 7) is 0.243. The highest BCUT2D eigenvalue weighted by molar-refractivity contribution is 7.21. The Morgan fingerprint density at radius 2 is 2.25 bits per heavy atom. The molecule has 1 amide bonds. The third-order valence-corrected chi connectivity index (χ3v) is 4.65. The molecule has 0 atom stereocenters. The first-order valence-electron chi connectivity index (χ1n) is 6.51. The number of hydrogen-bond acceptors (Lipinski definition) is 4. The van der Waals surface area contributed by atoms with E-state index in [4.69, 9.17) is 10.8 Å². The molecule has 1 aromatic carbocycles. The van der Waals surface area contributed by atoms with E-state index >= 15 is 0 Å². The summed E-state index contributed by atoms with van der Waals surface area (Å²) >= 11 is 1.28. The molecule has 0 bridgehead atoms. The quantitative estimate of drug-likeness (QED) is 0.908. The predicted octanol–water partition coefficient (Wildman–Crippen LogP) is 2.22. The molecule has 20 heavy (non-hydrogen) atoms. The van der Waals surface area contributed by atoms with Crippen LogP contribution in [0.2, 0.25) is 0 Å². The molecule has 1 aliphatic carbocycles. The fourth-order valence-electron chi connectivity index (χ4n) is 2.32. The Labute approximate surface area is 119 Å². The molecule has 4 nitrogen and oxygen atoms in total. The minimum absolute atomic E-state index is 0.0678. The molecule has 3 rings (SSSR count). The summed E-state index contributed by atoms with van der Waals surface area (Å²) < 4.78 is 14.1. The maximum atomic E-state index is 13.3. The Morgan fingerprint density at radius 1 is 1.50 bits per heavy atom. The maximum absolute atomic E-state index is 13.3. The average molecular weight is 294 g/mol. The van der Waals surface area contributed by atoms with Crippen molar-refractivity contribution in [2.24, 2.45) is 0 Å². The van der Waals surface area contributed by atoms with E-state index in [0.29, 0.717) is 22.5 Å². The number of hydrogen-bond donors (Lipinski definition) is 2. The molecule has 0 unspecified atom stereocenters. The van der Waals surface area contributed by atoms with Crippen molar-refractivity contribution in [3.05, 3.63) is 28.9 Å². The molecule has 1 aliphatic rings.